The summed E-state index contributed by atoms with van der Waals surface area (Å²) < 4.78 is 11.7. The lowest BCUT2D eigenvalue weighted by atomic mass is 10.1. The summed E-state index contributed by atoms with van der Waals surface area (Å²) in [7, 11) is 4.96. The molecule has 1 heterocycles. The Labute approximate surface area is 142 Å². The SMILES string of the molecule is COc1cc(C(=O)N(C)Cc2cc(Br)cs2)cc(OC)c1C. The van der Waals surface area contributed by atoms with Gasteiger partial charge in [-0.3, -0.25) is 4.79 Å². The fraction of sp³-hybridized carbons (Fsp3) is 0.312. The number of amides is 1. The van der Waals surface area contributed by atoms with Crippen molar-refractivity contribution in [1.82, 2.24) is 4.90 Å². The third-order valence-electron chi connectivity index (χ3n) is 3.36. The summed E-state index contributed by atoms with van der Waals surface area (Å²) in [5.41, 5.74) is 1.43. The van der Waals surface area contributed by atoms with Crippen LogP contribution in [0, 0.1) is 6.92 Å². The molecule has 0 N–H and O–H groups in total. The van der Waals surface area contributed by atoms with Crippen LogP contribution in [0.15, 0.2) is 28.1 Å². The summed E-state index contributed by atoms with van der Waals surface area (Å²) in [6.45, 7) is 2.46. The van der Waals surface area contributed by atoms with Gasteiger partial charge < -0.3 is 14.4 Å². The maximum absolute atomic E-state index is 12.6. The lowest BCUT2D eigenvalue weighted by Crippen LogP contribution is -2.25. The molecule has 0 aliphatic carbocycles. The van der Waals surface area contributed by atoms with Crippen LogP contribution in [0.5, 0.6) is 11.5 Å². The van der Waals surface area contributed by atoms with Crippen LogP contribution >= 0.6 is 27.3 Å². The van der Waals surface area contributed by atoms with Crippen LogP contribution < -0.4 is 9.47 Å². The number of nitrogens with zero attached hydrogens (tertiary/aromatic N) is 1. The van der Waals surface area contributed by atoms with Gasteiger partial charge in [-0.2, -0.15) is 0 Å². The highest BCUT2D eigenvalue weighted by Gasteiger charge is 2.17. The number of hydrogen-bond donors (Lipinski definition) is 0. The minimum absolute atomic E-state index is 0.0684. The van der Waals surface area contributed by atoms with Crippen molar-refractivity contribution in [1.29, 1.82) is 0 Å². The molecule has 1 aromatic heterocycles. The van der Waals surface area contributed by atoms with Crippen LogP contribution in [0.3, 0.4) is 0 Å². The van der Waals surface area contributed by atoms with E-state index in [9.17, 15) is 4.79 Å². The predicted octanol–water partition coefficient (Wildman–Crippen LogP) is 4.11. The van der Waals surface area contributed by atoms with Gasteiger partial charge in [0.05, 0.1) is 20.8 Å². The van der Waals surface area contributed by atoms with Crippen molar-refractivity contribution in [2.75, 3.05) is 21.3 Å². The Morgan fingerprint density at radius 2 is 1.82 bits per heavy atom. The quantitative estimate of drug-likeness (QED) is 0.779. The lowest BCUT2D eigenvalue weighted by Gasteiger charge is -2.18. The standard InChI is InChI=1S/C16H18BrNO3S/c1-10-14(20-3)5-11(6-15(10)21-4)16(19)18(2)8-13-7-12(17)9-22-13/h5-7,9H,8H2,1-4H3. The fourth-order valence-corrected chi connectivity index (χ4v) is 3.68. The summed E-state index contributed by atoms with van der Waals surface area (Å²) in [4.78, 5) is 15.4. The van der Waals surface area contributed by atoms with Gasteiger partial charge in [-0.25, -0.2) is 0 Å². The Morgan fingerprint density at radius 3 is 2.27 bits per heavy atom. The largest absolute Gasteiger partial charge is 0.496 e. The van der Waals surface area contributed by atoms with Crippen LogP contribution in [0.1, 0.15) is 20.8 Å². The number of rotatable bonds is 5. The van der Waals surface area contributed by atoms with Gasteiger partial charge in [0, 0.05) is 32.9 Å². The fourth-order valence-electron chi connectivity index (χ4n) is 2.17. The van der Waals surface area contributed by atoms with Crippen LogP contribution in [0.2, 0.25) is 0 Å². The van der Waals surface area contributed by atoms with E-state index >= 15 is 0 Å². The second kappa shape index (κ2) is 7.15. The van der Waals surface area contributed by atoms with E-state index in [4.69, 9.17) is 9.47 Å². The van der Waals surface area contributed by atoms with Crippen molar-refractivity contribution in [3.8, 4) is 11.5 Å². The van der Waals surface area contributed by atoms with Crippen LogP contribution in [-0.2, 0) is 6.54 Å². The molecule has 0 spiro atoms. The molecular weight excluding hydrogens is 366 g/mol. The Morgan fingerprint density at radius 1 is 1.23 bits per heavy atom. The van der Waals surface area contributed by atoms with E-state index in [1.807, 2.05) is 18.4 Å². The van der Waals surface area contributed by atoms with E-state index in [1.54, 1.807) is 49.6 Å². The Balaban J connectivity index is 2.24. The van der Waals surface area contributed by atoms with Gasteiger partial charge in [0.15, 0.2) is 0 Å². The van der Waals surface area contributed by atoms with Gasteiger partial charge in [-0.15, -0.1) is 11.3 Å². The molecule has 2 rings (SSSR count). The molecule has 1 amide bonds. The summed E-state index contributed by atoms with van der Waals surface area (Å²) >= 11 is 5.04. The van der Waals surface area contributed by atoms with Crippen molar-refractivity contribution >= 4 is 33.2 Å². The smallest absolute Gasteiger partial charge is 0.254 e. The first-order valence-corrected chi connectivity index (χ1v) is 8.34. The van der Waals surface area contributed by atoms with E-state index in [-0.39, 0.29) is 5.91 Å². The average molecular weight is 384 g/mol. The van der Waals surface area contributed by atoms with Crippen molar-refractivity contribution in [2.45, 2.75) is 13.5 Å². The molecule has 118 valence electrons. The monoisotopic (exact) mass is 383 g/mol. The molecule has 0 atom stereocenters. The number of methoxy groups -OCH3 is 2. The highest BCUT2D eigenvalue weighted by atomic mass is 79.9. The molecule has 4 nitrogen and oxygen atoms in total. The zero-order valence-corrected chi connectivity index (χ0v) is 15.4. The number of carbonyl (C=O) groups excluding carboxylic acids is 1. The Hall–Kier alpha value is -1.53. The predicted molar refractivity (Wildman–Crippen MR) is 92.1 cm³/mol. The molecule has 0 aliphatic heterocycles. The normalized spacial score (nSPS) is 10.4. The van der Waals surface area contributed by atoms with Gasteiger partial charge in [-0.05, 0) is 41.1 Å². The van der Waals surface area contributed by atoms with Crippen molar-refractivity contribution in [2.24, 2.45) is 0 Å². The Bertz CT molecular complexity index is 659. The molecule has 22 heavy (non-hydrogen) atoms. The average Bonchev–Trinajstić information content (AvgIpc) is 2.91. The molecule has 6 heteroatoms. The highest BCUT2D eigenvalue weighted by Crippen LogP contribution is 2.30. The molecule has 0 unspecified atom stereocenters. The van der Waals surface area contributed by atoms with Gasteiger partial charge in [0.1, 0.15) is 11.5 Å². The van der Waals surface area contributed by atoms with Gasteiger partial charge in [0.2, 0.25) is 0 Å². The van der Waals surface area contributed by atoms with E-state index in [2.05, 4.69) is 15.9 Å². The van der Waals surface area contributed by atoms with E-state index in [1.165, 1.54) is 0 Å². The van der Waals surface area contributed by atoms with E-state index in [0.29, 0.717) is 23.6 Å². The van der Waals surface area contributed by atoms with Crippen LogP contribution in [0.4, 0.5) is 0 Å². The molecule has 0 radical (unpaired) electrons. The third-order valence-corrected chi connectivity index (χ3v) is 5.04. The van der Waals surface area contributed by atoms with Gasteiger partial charge >= 0.3 is 0 Å². The van der Waals surface area contributed by atoms with Crippen LogP contribution in [-0.4, -0.2) is 32.1 Å². The molecule has 2 aromatic rings. The first kappa shape index (κ1) is 16.8. The van der Waals surface area contributed by atoms with E-state index in [0.717, 1.165) is 14.9 Å². The molecule has 1 aromatic carbocycles. The van der Waals surface area contributed by atoms with E-state index < -0.39 is 0 Å². The minimum Gasteiger partial charge on any atom is -0.496 e. The molecule has 0 fully saturated rings. The first-order valence-electron chi connectivity index (χ1n) is 6.67. The minimum atomic E-state index is -0.0684. The second-order valence-electron chi connectivity index (χ2n) is 4.90. The zero-order chi connectivity index (χ0) is 16.3. The van der Waals surface area contributed by atoms with Crippen molar-refractivity contribution in [3.05, 3.63) is 44.1 Å². The van der Waals surface area contributed by atoms with Crippen molar-refractivity contribution in [3.63, 3.8) is 0 Å². The van der Waals surface area contributed by atoms with Crippen molar-refractivity contribution < 1.29 is 14.3 Å². The summed E-state index contributed by atoms with van der Waals surface area (Å²) in [6, 6.07) is 5.52. The first-order chi connectivity index (χ1) is 10.5. The second-order valence-corrected chi connectivity index (χ2v) is 6.81. The topological polar surface area (TPSA) is 38.8 Å². The number of carbonyl (C=O) groups is 1. The number of thiophene rings is 1. The van der Waals surface area contributed by atoms with Crippen LogP contribution in [0.25, 0.3) is 0 Å². The molecular formula is C16H18BrNO3S. The summed E-state index contributed by atoms with van der Waals surface area (Å²) in [5, 5.41) is 2.01. The molecule has 0 saturated heterocycles. The number of benzene rings is 1. The Kier molecular flexibility index (Phi) is 5.47. The maximum atomic E-state index is 12.6. The molecule has 0 aliphatic rings. The number of ether oxygens (including phenoxy) is 2. The lowest BCUT2D eigenvalue weighted by molar-refractivity contribution is 0.0785. The third kappa shape index (κ3) is 3.62. The number of hydrogen-bond acceptors (Lipinski definition) is 4. The van der Waals surface area contributed by atoms with Gasteiger partial charge in [0.25, 0.3) is 5.91 Å². The highest BCUT2D eigenvalue weighted by molar-refractivity contribution is 9.10. The summed E-state index contributed by atoms with van der Waals surface area (Å²) in [5.74, 6) is 1.23. The van der Waals surface area contributed by atoms with Gasteiger partial charge in [-0.1, -0.05) is 0 Å². The zero-order valence-electron chi connectivity index (χ0n) is 13.0. The maximum Gasteiger partial charge on any atom is 0.254 e. The molecule has 0 saturated carbocycles. The number of halogens is 1. The molecule has 0 bridgehead atoms. The summed E-state index contributed by atoms with van der Waals surface area (Å²) in [6.07, 6.45) is 0.